The number of Topliss-reactive ketones (excluding diaryl/α,β-unsaturated/α-hetero) is 1. The fourth-order valence-electron chi connectivity index (χ4n) is 1.51. The lowest BCUT2D eigenvalue weighted by Crippen LogP contribution is -2.36. The Kier molecular flexibility index (Phi) is 4.34. The number of ketones is 1. The van der Waals surface area contributed by atoms with Crippen LogP contribution >= 0.6 is 0 Å². The molecule has 0 amide bonds. The zero-order valence-electron chi connectivity index (χ0n) is 10.1. The number of nitrogens with two attached hydrogens (primary N) is 1. The number of benzene rings is 1. The first kappa shape index (κ1) is 13.8. The maximum absolute atomic E-state index is 13.4. The van der Waals surface area contributed by atoms with Gasteiger partial charge >= 0.3 is 0 Å². The molecule has 0 aliphatic heterocycles. The summed E-state index contributed by atoms with van der Waals surface area (Å²) in [6, 6.07) is 3.24. The molecule has 0 radical (unpaired) electrons. The molecule has 0 spiro atoms. The van der Waals surface area contributed by atoms with E-state index in [9.17, 15) is 13.6 Å². The minimum atomic E-state index is -0.686. The summed E-state index contributed by atoms with van der Waals surface area (Å²) in [7, 11) is 0. The van der Waals surface area contributed by atoms with Crippen molar-refractivity contribution in [2.75, 3.05) is 6.54 Å². The van der Waals surface area contributed by atoms with Crippen molar-refractivity contribution in [1.82, 2.24) is 0 Å². The molecule has 94 valence electrons. The molecule has 0 saturated heterocycles. The average Bonchev–Trinajstić information content (AvgIpc) is 2.31. The van der Waals surface area contributed by atoms with Gasteiger partial charge < -0.3 is 5.73 Å². The van der Waals surface area contributed by atoms with Crippen LogP contribution in [0.15, 0.2) is 18.2 Å². The second-order valence-corrected chi connectivity index (χ2v) is 4.45. The summed E-state index contributed by atoms with van der Waals surface area (Å²) < 4.78 is 26.1. The summed E-state index contributed by atoms with van der Waals surface area (Å²) in [4.78, 5) is 12.0. The van der Waals surface area contributed by atoms with Gasteiger partial charge in [0.25, 0.3) is 0 Å². The Hall–Kier alpha value is -1.29. The van der Waals surface area contributed by atoms with E-state index >= 15 is 0 Å². The smallest absolute Gasteiger partial charge is 0.144 e. The van der Waals surface area contributed by atoms with Gasteiger partial charge in [-0.3, -0.25) is 4.79 Å². The van der Waals surface area contributed by atoms with E-state index in [0.29, 0.717) is 6.42 Å². The van der Waals surface area contributed by atoms with Gasteiger partial charge in [0, 0.05) is 24.4 Å². The fourth-order valence-corrected chi connectivity index (χ4v) is 1.51. The van der Waals surface area contributed by atoms with Crippen LogP contribution in [0.5, 0.6) is 0 Å². The van der Waals surface area contributed by atoms with Crippen LogP contribution in [-0.4, -0.2) is 12.3 Å². The molecule has 1 atom stereocenters. The Morgan fingerprint density at radius 2 is 2.06 bits per heavy atom. The topological polar surface area (TPSA) is 43.1 Å². The van der Waals surface area contributed by atoms with Crippen LogP contribution < -0.4 is 5.73 Å². The molecule has 0 bridgehead atoms. The molecule has 0 fully saturated rings. The third kappa shape index (κ3) is 3.09. The molecule has 1 aromatic rings. The van der Waals surface area contributed by atoms with Crippen molar-refractivity contribution in [2.45, 2.75) is 26.7 Å². The van der Waals surface area contributed by atoms with E-state index in [2.05, 4.69) is 0 Å². The number of hydrogen-bond acceptors (Lipinski definition) is 2. The predicted octanol–water partition coefficient (Wildman–Crippen LogP) is 2.45. The monoisotopic (exact) mass is 241 g/mol. The average molecular weight is 241 g/mol. The molecular formula is C13H17F2NO. The molecule has 0 aliphatic rings. The van der Waals surface area contributed by atoms with E-state index < -0.39 is 17.0 Å². The minimum absolute atomic E-state index is 0.0480. The van der Waals surface area contributed by atoms with E-state index in [1.165, 1.54) is 6.07 Å². The fraction of sp³-hybridized carbons (Fsp3) is 0.462. The van der Waals surface area contributed by atoms with Crippen LogP contribution in [0.3, 0.4) is 0 Å². The summed E-state index contributed by atoms with van der Waals surface area (Å²) in [6.45, 7) is 3.85. The molecule has 0 heterocycles. The maximum Gasteiger partial charge on any atom is 0.144 e. The Morgan fingerprint density at radius 3 is 2.53 bits per heavy atom. The van der Waals surface area contributed by atoms with E-state index in [4.69, 9.17) is 5.73 Å². The second kappa shape index (κ2) is 5.36. The van der Waals surface area contributed by atoms with Gasteiger partial charge in [-0.15, -0.1) is 0 Å². The largest absolute Gasteiger partial charge is 0.329 e. The molecule has 2 N–H and O–H groups in total. The van der Waals surface area contributed by atoms with Crippen LogP contribution in [0.1, 0.15) is 25.8 Å². The van der Waals surface area contributed by atoms with Gasteiger partial charge in [-0.25, -0.2) is 8.78 Å². The van der Waals surface area contributed by atoms with Gasteiger partial charge in [0.15, 0.2) is 0 Å². The Morgan fingerprint density at radius 1 is 1.41 bits per heavy atom. The van der Waals surface area contributed by atoms with Gasteiger partial charge in [-0.1, -0.05) is 19.9 Å². The van der Waals surface area contributed by atoms with E-state index in [-0.39, 0.29) is 24.3 Å². The number of rotatable bonds is 5. The molecular weight excluding hydrogens is 224 g/mol. The van der Waals surface area contributed by atoms with Crippen LogP contribution in [0.4, 0.5) is 8.78 Å². The molecule has 0 saturated carbocycles. The summed E-state index contributed by atoms with van der Waals surface area (Å²) >= 11 is 0. The molecule has 1 unspecified atom stereocenters. The van der Waals surface area contributed by atoms with Gasteiger partial charge in [0.1, 0.15) is 17.4 Å². The van der Waals surface area contributed by atoms with Crippen molar-refractivity contribution in [3.8, 4) is 0 Å². The Balaban J connectivity index is 2.88. The van der Waals surface area contributed by atoms with Crippen molar-refractivity contribution in [2.24, 2.45) is 11.1 Å². The zero-order chi connectivity index (χ0) is 13.1. The quantitative estimate of drug-likeness (QED) is 0.860. The number of halogens is 2. The van der Waals surface area contributed by atoms with Crippen LogP contribution in [0.2, 0.25) is 0 Å². The highest BCUT2D eigenvalue weighted by Crippen LogP contribution is 2.23. The molecule has 17 heavy (non-hydrogen) atoms. The van der Waals surface area contributed by atoms with E-state index in [1.54, 1.807) is 6.92 Å². The van der Waals surface area contributed by atoms with Crippen molar-refractivity contribution < 1.29 is 13.6 Å². The highest BCUT2D eigenvalue weighted by atomic mass is 19.1. The number of hydrogen-bond donors (Lipinski definition) is 1. The molecule has 0 aliphatic carbocycles. The van der Waals surface area contributed by atoms with Gasteiger partial charge in [0.05, 0.1) is 0 Å². The van der Waals surface area contributed by atoms with Crippen molar-refractivity contribution >= 4 is 5.78 Å². The molecule has 1 aromatic carbocycles. The third-order valence-corrected chi connectivity index (χ3v) is 3.27. The second-order valence-electron chi connectivity index (χ2n) is 4.45. The first-order chi connectivity index (χ1) is 7.92. The number of carbonyl (C=O) groups excluding carboxylic acids is 1. The molecule has 2 nitrogen and oxygen atoms in total. The van der Waals surface area contributed by atoms with Crippen molar-refractivity contribution in [3.63, 3.8) is 0 Å². The lowest BCUT2D eigenvalue weighted by atomic mass is 9.80. The molecule has 4 heteroatoms. The Bertz CT molecular complexity index is 414. The third-order valence-electron chi connectivity index (χ3n) is 3.27. The minimum Gasteiger partial charge on any atom is -0.329 e. The summed E-state index contributed by atoms with van der Waals surface area (Å²) in [5.74, 6) is -1.45. The predicted molar refractivity (Wildman–Crippen MR) is 62.5 cm³/mol. The highest BCUT2D eigenvalue weighted by Gasteiger charge is 2.29. The van der Waals surface area contributed by atoms with Gasteiger partial charge in [0.2, 0.25) is 0 Å². The Labute approximate surface area is 99.8 Å². The van der Waals surface area contributed by atoms with Gasteiger partial charge in [-0.05, 0) is 18.1 Å². The van der Waals surface area contributed by atoms with Crippen LogP contribution in [0.25, 0.3) is 0 Å². The summed E-state index contributed by atoms with van der Waals surface area (Å²) in [6.07, 6.45) is 0.554. The van der Waals surface area contributed by atoms with E-state index in [1.807, 2.05) is 6.92 Å². The molecule has 1 rings (SSSR count). The van der Waals surface area contributed by atoms with Crippen LogP contribution in [0, 0.1) is 17.0 Å². The lowest BCUT2D eigenvalue weighted by molar-refractivity contribution is -0.127. The zero-order valence-corrected chi connectivity index (χ0v) is 10.1. The van der Waals surface area contributed by atoms with Gasteiger partial charge in [-0.2, -0.15) is 0 Å². The lowest BCUT2D eigenvalue weighted by Gasteiger charge is -2.24. The normalized spacial score (nSPS) is 14.4. The van der Waals surface area contributed by atoms with Crippen molar-refractivity contribution in [1.29, 1.82) is 0 Å². The SMILES string of the molecule is CCC(C)(CN)C(=O)Cc1ccc(F)cc1F. The van der Waals surface area contributed by atoms with E-state index in [0.717, 1.165) is 12.1 Å². The highest BCUT2D eigenvalue weighted by molar-refractivity contribution is 5.86. The maximum atomic E-state index is 13.4. The summed E-state index contributed by atoms with van der Waals surface area (Å²) in [5.41, 5.74) is 5.13. The summed E-state index contributed by atoms with van der Waals surface area (Å²) in [5, 5.41) is 0. The number of carbonyl (C=O) groups is 1. The molecule has 0 aromatic heterocycles. The standard InChI is InChI=1S/C13H17F2NO/c1-3-13(2,8-16)12(17)6-9-4-5-10(14)7-11(9)15/h4-5,7H,3,6,8,16H2,1-2H3. The first-order valence-corrected chi connectivity index (χ1v) is 5.60. The first-order valence-electron chi connectivity index (χ1n) is 5.60. The van der Waals surface area contributed by atoms with Crippen molar-refractivity contribution in [3.05, 3.63) is 35.4 Å². The van der Waals surface area contributed by atoms with Crippen LogP contribution in [-0.2, 0) is 11.2 Å².